The van der Waals surface area contributed by atoms with Crippen LogP contribution in [0.2, 0.25) is 0 Å². The fraction of sp³-hybridized carbons (Fsp3) is 0.214. The number of nitrogens with two attached hydrogens (primary N) is 1. The molecule has 0 saturated heterocycles. The fourth-order valence-corrected chi connectivity index (χ4v) is 2.61. The van der Waals surface area contributed by atoms with E-state index in [0.717, 1.165) is 16.0 Å². The fourth-order valence-electron chi connectivity index (χ4n) is 1.69. The Morgan fingerprint density at radius 3 is 2.63 bits per heavy atom. The van der Waals surface area contributed by atoms with Crippen molar-refractivity contribution in [1.29, 1.82) is 0 Å². The molecule has 0 bridgehead atoms. The van der Waals surface area contributed by atoms with Gasteiger partial charge in [-0.2, -0.15) is 0 Å². The SMILES string of the molecule is CCOC(=O)c1cc(-c2ccc(CO)cc2)sc1N. The number of aliphatic hydroxyl groups excluding tert-OH is 1. The summed E-state index contributed by atoms with van der Waals surface area (Å²) in [6.07, 6.45) is 0. The predicted octanol–water partition coefficient (Wildman–Crippen LogP) is 2.67. The molecule has 100 valence electrons. The lowest BCUT2D eigenvalue weighted by Crippen LogP contribution is -2.05. The van der Waals surface area contributed by atoms with Gasteiger partial charge in [-0.1, -0.05) is 24.3 Å². The molecule has 2 rings (SSSR count). The number of nitrogen functional groups attached to an aromatic ring is 1. The summed E-state index contributed by atoms with van der Waals surface area (Å²) < 4.78 is 4.95. The summed E-state index contributed by atoms with van der Waals surface area (Å²) in [4.78, 5) is 12.6. The van der Waals surface area contributed by atoms with Gasteiger partial charge in [-0.05, 0) is 24.1 Å². The van der Waals surface area contributed by atoms with Gasteiger partial charge in [-0.15, -0.1) is 11.3 Å². The van der Waals surface area contributed by atoms with Gasteiger partial charge < -0.3 is 15.6 Å². The highest BCUT2D eigenvalue weighted by Gasteiger charge is 2.15. The average molecular weight is 277 g/mol. The summed E-state index contributed by atoms with van der Waals surface area (Å²) in [5.41, 5.74) is 8.06. The van der Waals surface area contributed by atoms with Crippen LogP contribution in [0.3, 0.4) is 0 Å². The Labute approximate surface area is 115 Å². The van der Waals surface area contributed by atoms with Gasteiger partial charge in [0.05, 0.1) is 18.8 Å². The number of ether oxygens (including phenoxy) is 1. The highest BCUT2D eigenvalue weighted by Crippen LogP contribution is 2.33. The monoisotopic (exact) mass is 277 g/mol. The minimum absolute atomic E-state index is 0.0148. The number of hydrogen-bond acceptors (Lipinski definition) is 5. The molecular formula is C14H15NO3S. The van der Waals surface area contributed by atoms with Crippen molar-refractivity contribution in [3.63, 3.8) is 0 Å². The van der Waals surface area contributed by atoms with Crippen LogP contribution in [-0.2, 0) is 11.3 Å². The normalized spacial score (nSPS) is 10.4. The predicted molar refractivity (Wildman–Crippen MR) is 76.0 cm³/mol. The van der Waals surface area contributed by atoms with Gasteiger partial charge in [0.2, 0.25) is 0 Å². The maximum Gasteiger partial charge on any atom is 0.341 e. The third-order valence-corrected chi connectivity index (χ3v) is 3.69. The third-order valence-electron chi connectivity index (χ3n) is 2.68. The van der Waals surface area contributed by atoms with Gasteiger partial charge in [-0.25, -0.2) is 4.79 Å². The standard InChI is InChI=1S/C14H15NO3S/c1-2-18-14(17)11-7-12(19-13(11)15)10-5-3-9(8-16)4-6-10/h3-7,16H,2,8,15H2,1H3. The molecule has 0 saturated carbocycles. The smallest absolute Gasteiger partial charge is 0.341 e. The summed E-state index contributed by atoms with van der Waals surface area (Å²) in [5, 5.41) is 9.46. The van der Waals surface area contributed by atoms with Crippen LogP contribution in [0.25, 0.3) is 10.4 Å². The molecule has 3 N–H and O–H groups in total. The maximum absolute atomic E-state index is 11.7. The number of aliphatic hydroxyl groups is 1. The van der Waals surface area contributed by atoms with E-state index in [4.69, 9.17) is 15.6 Å². The summed E-state index contributed by atoms with van der Waals surface area (Å²) in [6.45, 7) is 2.10. The zero-order valence-electron chi connectivity index (χ0n) is 10.6. The highest BCUT2D eigenvalue weighted by atomic mass is 32.1. The number of rotatable bonds is 4. The second-order valence-corrected chi connectivity index (χ2v) is 5.05. The van der Waals surface area contributed by atoms with E-state index in [-0.39, 0.29) is 6.61 Å². The molecular weight excluding hydrogens is 262 g/mol. The summed E-state index contributed by atoms with van der Waals surface area (Å²) >= 11 is 1.35. The minimum Gasteiger partial charge on any atom is -0.462 e. The second-order valence-electron chi connectivity index (χ2n) is 3.96. The van der Waals surface area contributed by atoms with Crippen LogP contribution in [0.4, 0.5) is 5.00 Å². The molecule has 2 aromatic rings. The van der Waals surface area contributed by atoms with E-state index in [0.29, 0.717) is 17.2 Å². The zero-order valence-corrected chi connectivity index (χ0v) is 11.4. The van der Waals surface area contributed by atoms with Crippen molar-refractivity contribution in [3.8, 4) is 10.4 Å². The van der Waals surface area contributed by atoms with E-state index in [1.165, 1.54) is 11.3 Å². The molecule has 1 heterocycles. The number of carbonyl (C=O) groups excluding carboxylic acids is 1. The molecule has 0 amide bonds. The Kier molecular flexibility index (Phi) is 4.19. The largest absolute Gasteiger partial charge is 0.462 e. The quantitative estimate of drug-likeness (QED) is 0.843. The Morgan fingerprint density at radius 1 is 1.37 bits per heavy atom. The molecule has 5 heteroatoms. The molecule has 0 aliphatic heterocycles. The maximum atomic E-state index is 11.7. The van der Waals surface area contributed by atoms with Crippen molar-refractivity contribution in [2.75, 3.05) is 12.3 Å². The van der Waals surface area contributed by atoms with E-state index in [1.54, 1.807) is 13.0 Å². The molecule has 1 aromatic heterocycles. The zero-order chi connectivity index (χ0) is 13.8. The molecule has 0 aliphatic carbocycles. The molecule has 0 unspecified atom stereocenters. The van der Waals surface area contributed by atoms with E-state index >= 15 is 0 Å². The van der Waals surface area contributed by atoms with Crippen LogP contribution >= 0.6 is 11.3 Å². The first kappa shape index (κ1) is 13.6. The van der Waals surface area contributed by atoms with Gasteiger partial charge in [0.25, 0.3) is 0 Å². The Balaban J connectivity index is 2.30. The number of anilines is 1. The molecule has 19 heavy (non-hydrogen) atoms. The third kappa shape index (κ3) is 2.94. The lowest BCUT2D eigenvalue weighted by molar-refractivity contribution is 0.0528. The van der Waals surface area contributed by atoms with Gasteiger partial charge in [0.1, 0.15) is 5.00 Å². The summed E-state index contributed by atoms with van der Waals surface area (Å²) in [7, 11) is 0. The second kappa shape index (κ2) is 5.86. The molecule has 1 aromatic carbocycles. The van der Waals surface area contributed by atoms with Crippen LogP contribution in [0.15, 0.2) is 30.3 Å². The highest BCUT2D eigenvalue weighted by molar-refractivity contribution is 7.19. The first-order chi connectivity index (χ1) is 9.15. The molecule has 0 atom stereocenters. The van der Waals surface area contributed by atoms with Crippen molar-refractivity contribution >= 4 is 22.3 Å². The Hall–Kier alpha value is -1.85. The van der Waals surface area contributed by atoms with Crippen molar-refractivity contribution in [2.45, 2.75) is 13.5 Å². The van der Waals surface area contributed by atoms with Crippen LogP contribution < -0.4 is 5.73 Å². The van der Waals surface area contributed by atoms with E-state index < -0.39 is 5.97 Å². The first-order valence-corrected chi connectivity index (χ1v) is 6.74. The number of esters is 1. The summed E-state index contributed by atoms with van der Waals surface area (Å²) in [6, 6.07) is 9.22. The van der Waals surface area contributed by atoms with Crippen LogP contribution in [0.1, 0.15) is 22.8 Å². The number of thiophene rings is 1. The van der Waals surface area contributed by atoms with Crippen molar-refractivity contribution in [2.24, 2.45) is 0 Å². The van der Waals surface area contributed by atoms with Crippen molar-refractivity contribution in [1.82, 2.24) is 0 Å². The van der Waals surface area contributed by atoms with Crippen LogP contribution in [0.5, 0.6) is 0 Å². The first-order valence-electron chi connectivity index (χ1n) is 5.92. The van der Waals surface area contributed by atoms with Crippen LogP contribution in [0, 0.1) is 0 Å². The van der Waals surface area contributed by atoms with Gasteiger partial charge in [0, 0.05) is 4.88 Å². The van der Waals surface area contributed by atoms with E-state index in [2.05, 4.69) is 0 Å². The summed E-state index contributed by atoms with van der Waals surface area (Å²) in [5.74, 6) is -0.394. The van der Waals surface area contributed by atoms with Gasteiger partial charge in [0.15, 0.2) is 0 Å². The van der Waals surface area contributed by atoms with Crippen molar-refractivity contribution < 1.29 is 14.6 Å². The van der Waals surface area contributed by atoms with Crippen LogP contribution in [-0.4, -0.2) is 17.7 Å². The molecule has 0 aliphatic rings. The van der Waals surface area contributed by atoms with Gasteiger partial charge in [-0.3, -0.25) is 0 Å². The minimum atomic E-state index is -0.394. The van der Waals surface area contributed by atoms with Gasteiger partial charge >= 0.3 is 5.97 Å². The number of carbonyl (C=O) groups is 1. The number of hydrogen-bond donors (Lipinski definition) is 2. The molecule has 4 nitrogen and oxygen atoms in total. The van der Waals surface area contributed by atoms with Crippen molar-refractivity contribution in [3.05, 3.63) is 41.5 Å². The molecule has 0 fully saturated rings. The van der Waals surface area contributed by atoms with E-state index in [9.17, 15) is 4.79 Å². The topological polar surface area (TPSA) is 72.5 Å². The Bertz CT molecular complexity index is 575. The lowest BCUT2D eigenvalue weighted by Gasteiger charge is -1.99. The molecule has 0 spiro atoms. The molecule has 0 radical (unpaired) electrons. The average Bonchev–Trinajstić information content (AvgIpc) is 2.81. The lowest BCUT2D eigenvalue weighted by atomic mass is 10.1. The number of benzene rings is 1. The van der Waals surface area contributed by atoms with E-state index in [1.807, 2.05) is 24.3 Å². The Morgan fingerprint density at radius 2 is 2.05 bits per heavy atom.